The summed E-state index contributed by atoms with van der Waals surface area (Å²) in [7, 11) is 0. The van der Waals surface area contributed by atoms with Gasteiger partial charge in [0.15, 0.2) is 0 Å². The molecule has 2 nitrogen and oxygen atoms in total. The van der Waals surface area contributed by atoms with Gasteiger partial charge in [-0.3, -0.25) is 0 Å². The number of pyridine rings is 1. The van der Waals surface area contributed by atoms with Crippen LogP contribution in [0.2, 0.25) is 0 Å². The normalized spacial score (nSPS) is 12.3. The molecule has 0 amide bonds. The summed E-state index contributed by atoms with van der Waals surface area (Å²) in [4.78, 5) is 4.34. The molecule has 0 saturated heterocycles. The zero-order chi connectivity index (χ0) is 10.6. The van der Waals surface area contributed by atoms with E-state index in [1.54, 1.807) is 0 Å². The monoisotopic (exact) mass is 292 g/mol. The van der Waals surface area contributed by atoms with E-state index in [1.165, 1.54) is 0 Å². The van der Waals surface area contributed by atoms with Crippen molar-refractivity contribution in [3.05, 3.63) is 28.5 Å². The van der Waals surface area contributed by atoms with Crippen LogP contribution in [0.5, 0.6) is 0 Å². The largest absolute Gasteiger partial charge is 0.323 e. The summed E-state index contributed by atoms with van der Waals surface area (Å²) in [5, 5.41) is 0. The molecule has 1 rings (SSSR count). The second kappa shape index (κ2) is 7.20. The first-order valence-corrected chi connectivity index (χ1v) is 5.77. The molecule has 0 spiro atoms. The lowest BCUT2D eigenvalue weighted by molar-refractivity contribution is 0.501. The molecule has 86 valence electrons. The maximum absolute atomic E-state index is 6.03. The summed E-state index contributed by atoms with van der Waals surface area (Å²) in [5.41, 5.74) is 7.00. The number of nitrogens with two attached hydrogens (primary N) is 1. The molecule has 0 unspecified atom stereocenters. The minimum atomic E-state index is 0. The van der Waals surface area contributed by atoms with Crippen molar-refractivity contribution >= 4 is 28.3 Å². The first-order valence-electron chi connectivity index (χ1n) is 4.97. The van der Waals surface area contributed by atoms with Gasteiger partial charge in [-0.1, -0.05) is 19.9 Å². The van der Waals surface area contributed by atoms with Gasteiger partial charge in [-0.05, 0) is 46.8 Å². The van der Waals surface area contributed by atoms with Crippen LogP contribution in [0.3, 0.4) is 0 Å². The number of nitrogens with zero attached hydrogens (tertiary/aromatic N) is 1. The Morgan fingerprint density at radius 1 is 1.33 bits per heavy atom. The highest BCUT2D eigenvalue weighted by Crippen LogP contribution is 2.18. The van der Waals surface area contributed by atoms with Crippen molar-refractivity contribution in [3.63, 3.8) is 0 Å². The Morgan fingerprint density at radius 3 is 2.53 bits per heavy atom. The minimum Gasteiger partial charge on any atom is -0.323 e. The molecule has 1 atom stereocenters. The van der Waals surface area contributed by atoms with E-state index < -0.39 is 0 Å². The second-order valence-corrected chi connectivity index (χ2v) is 4.78. The van der Waals surface area contributed by atoms with Crippen LogP contribution in [0, 0.1) is 5.92 Å². The van der Waals surface area contributed by atoms with Crippen LogP contribution in [-0.4, -0.2) is 4.98 Å². The molecule has 0 bridgehead atoms. The molecular formula is C11H18BrClN2. The number of hydrogen-bond acceptors (Lipinski definition) is 2. The Balaban J connectivity index is 0.00000196. The van der Waals surface area contributed by atoms with Crippen molar-refractivity contribution in [1.82, 2.24) is 4.98 Å². The molecule has 1 heterocycles. The van der Waals surface area contributed by atoms with Gasteiger partial charge in [0, 0.05) is 6.04 Å². The second-order valence-electron chi connectivity index (χ2n) is 3.96. The predicted octanol–water partition coefficient (Wildman–Crippen LogP) is 3.70. The molecule has 0 fully saturated rings. The van der Waals surface area contributed by atoms with Gasteiger partial charge in [0.2, 0.25) is 0 Å². The van der Waals surface area contributed by atoms with Crippen LogP contribution >= 0.6 is 28.3 Å². The third-order valence-corrected chi connectivity index (χ3v) is 2.61. The van der Waals surface area contributed by atoms with Gasteiger partial charge >= 0.3 is 0 Å². The highest BCUT2D eigenvalue weighted by atomic mass is 79.9. The quantitative estimate of drug-likeness (QED) is 0.860. The fraction of sp³-hybridized carbons (Fsp3) is 0.545. The average molecular weight is 294 g/mol. The third kappa shape index (κ3) is 5.50. The Kier molecular flexibility index (Phi) is 7.14. The molecule has 0 aliphatic carbocycles. The van der Waals surface area contributed by atoms with Crippen molar-refractivity contribution in [3.8, 4) is 0 Å². The van der Waals surface area contributed by atoms with Gasteiger partial charge in [-0.25, -0.2) is 4.98 Å². The van der Waals surface area contributed by atoms with Crippen molar-refractivity contribution < 1.29 is 0 Å². The van der Waals surface area contributed by atoms with Crippen LogP contribution in [0.1, 0.15) is 38.4 Å². The third-order valence-electron chi connectivity index (χ3n) is 2.17. The van der Waals surface area contributed by atoms with Gasteiger partial charge in [0.25, 0.3) is 0 Å². The minimum absolute atomic E-state index is 0. The Labute approximate surface area is 106 Å². The fourth-order valence-electron chi connectivity index (χ4n) is 1.29. The fourth-order valence-corrected chi connectivity index (χ4v) is 1.65. The molecule has 0 aliphatic rings. The van der Waals surface area contributed by atoms with Gasteiger partial charge in [-0.15, -0.1) is 12.4 Å². The lowest BCUT2D eigenvalue weighted by Crippen LogP contribution is -2.12. The Morgan fingerprint density at radius 2 is 2.00 bits per heavy atom. The van der Waals surface area contributed by atoms with E-state index in [4.69, 9.17) is 5.73 Å². The summed E-state index contributed by atoms with van der Waals surface area (Å²) >= 11 is 3.34. The van der Waals surface area contributed by atoms with Crippen molar-refractivity contribution in [2.75, 3.05) is 0 Å². The zero-order valence-corrected chi connectivity index (χ0v) is 11.5. The predicted molar refractivity (Wildman–Crippen MR) is 70.2 cm³/mol. The molecule has 1 aromatic rings. The standard InChI is InChI=1S/C11H17BrN2.ClH/c1-8(2)6-7-9(13)10-4-3-5-11(12)14-10;/h3-5,8-9H,6-7,13H2,1-2H3;1H/t9-;/m0./s1. The lowest BCUT2D eigenvalue weighted by Gasteiger charge is -2.12. The van der Waals surface area contributed by atoms with E-state index in [9.17, 15) is 0 Å². The van der Waals surface area contributed by atoms with Crippen LogP contribution in [0.4, 0.5) is 0 Å². The maximum Gasteiger partial charge on any atom is 0.106 e. The molecule has 0 radical (unpaired) electrons. The van der Waals surface area contributed by atoms with Crippen LogP contribution < -0.4 is 5.73 Å². The van der Waals surface area contributed by atoms with Crippen LogP contribution in [-0.2, 0) is 0 Å². The summed E-state index contributed by atoms with van der Waals surface area (Å²) in [6.45, 7) is 4.42. The average Bonchev–Trinajstić information content (AvgIpc) is 2.14. The molecular weight excluding hydrogens is 275 g/mol. The molecule has 2 N–H and O–H groups in total. The van der Waals surface area contributed by atoms with Crippen molar-refractivity contribution in [2.24, 2.45) is 11.7 Å². The van der Waals surface area contributed by atoms with E-state index in [2.05, 4.69) is 34.8 Å². The summed E-state index contributed by atoms with van der Waals surface area (Å²) < 4.78 is 0.856. The Bertz CT molecular complexity index is 292. The maximum atomic E-state index is 6.03. The van der Waals surface area contributed by atoms with E-state index in [1.807, 2.05) is 18.2 Å². The molecule has 0 aliphatic heterocycles. The van der Waals surface area contributed by atoms with Gasteiger partial charge in [0.1, 0.15) is 4.60 Å². The van der Waals surface area contributed by atoms with Gasteiger partial charge in [-0.2, -0.15) is 0 Å². The zero-order valence-electron chi connectivity index (χ0n) is 9.11. The lowest BCUT2D eigenvalue weighted by atomic mass is 10.0. The number of halogens is 2. The smallest absolute Gasteiger partial charge is 0.106 e. The summed E-state index contributed by atoms with van der Waals surface area (Å²) in [6.07, 6.45) is 2.15. The van der Waals surface area contributed by atoms with E-state index in [0.29, 0.717) is 5.92 Å². The van der Waals surface area contributed by atoms with Crippen LogP contribution in [0.15, 0.2) is 22.8 Å². The molecule has 4 heteroatoms. The van der Waals surface area contributed by atoms with Crippen molar-refractivity contribution in [2.45, 2.75) is 32.7 Å². The topological polar surface area (TPSA) is 38.9 Å². The number of hydrogen-bond donors (Lipinski definition) is 1. The highest BCUT2D eigenvalue weighted by molar-refractivity contribution is 9.10. The molecule has 0 aromatic carbocycles. The van der Waals surface area contributed by atoms with Gasteiger partial charge in [0.05, 0.1) is 5.69 Å². The van der Waals surface area contributed by atoms with E-state index >= 15 is 0 Å². The molecule has 0 saturated carbocycles. The number of rotatable bonds is 4. The van der Waals surface area contributed by atoms with Crippen LogP contribution in [0.25, 0.3) is 0 Å². The molecule has 15 heavy (non-hydrogen) atoms. The van der Waals surface area contributed by atoms with E-state index in [0.717, 1.165) is 23.1 Å². The highest BCUT2D eigenvalue weighted by Gasteiger charge is 2.08. The summed E-state index contributed by atoms with van der Waals surface area (Å²) in [6, 6.07) is 5.94. The number of aromatic nitrogens is 1. The summed E-state index contributed by atoms with van der Waals surface area (Å²) in [5.74, 6) is 0.702. The first-order chi connectivity index (χ1) is 6.59. The molecule has 1 aromatic heterocycles. The Hall–Kier alpha value is -0.120. The van der Waals surface area contributed by atoms with E-state index in [-0.39, 0.29) is 18.4 Å². The van der Waals surface area contributed by atoms with Crippen molar-refractivity contribution in [1.29, 1.82) is 0 Å². The SMILES string of the molecule is CC(C)CC[C@H](N)c1cccc(Br)n1.Cl. The van der Waals surface area contributed by atoms with Gasteiger partial charge < -0.3 is 5.73 Å². The first kappa shape index (κ1) is 14.9.